The van der Waals surface area contributed by atoms with E-state index in [-0.39, 0.29) is 12.2 Å². The predicted octanol–water partition coefficient (Wildman–Crippen LogP) is 3.84. The molecule has 0 radical (unpaired) electrons. The van der Waals surface area contributed by atoms with E-state index in [0.717, 1.165) is 61.1 Å². The maximum atomic E-state index is 12.7. The molecule has 2 aliphatic heterocycles. The number of nitrogens with one attached hydrogen (secondary N) is 1. The highest BCUT2D eigenvalue weighted by molar-refractivity contribution is 7.10. The van der Waals surface area contributed by atoms with E-state index in [1.165, 1.54) is 11.5 Å². The fourth-order valence-corrected chi connectivity index (χ4v) is 5.24. The van der Waals surface area contributed by atoms with Crippen LogP contribution in [0.5, 0.6) is 0 Å². The zero-order chi connectivity index (χ0) is 21.1. The summed E-state index contributed by atoms with van der Waals surface area (Å²) >= 11 is 1.39. The minimum atomic E-state index is -0.230. The van der Waals surface area contributed by atoms with Gasteiger partial charge in [-0.1, -0.05) is 0 Å². The maximum absolute atomic E-state index is 12.7. The molecule has 0 atom stereocenters. The Hall–Kier alpha value is -2.31. The van der Waals surface area contributed by atoms with Gasteiger partial charge in [0.15, 0.2) is 0 Å². The molecule has 0 saturated carbocycles. The summed E-state index contributed by atoms with van der Waals surface area (Å²) < 4.78 is 17.0. The lowest BCUT2D eigenvalue weighted by Crippen LogP contribution is -2.71. The third kappa shape index (κ3) is 4.25. The molecule has 0 unspecified atom stereocenters. The van der Waals surface area contributed by atoms with Crippen LogP contribution in [0.25, 0.3) is 0 Å². The average Bonchev–Trinajstić information content (AvgIpc) is 3.12. The number of rotatable bonds is 7. The summed E-state index contributed by atoms with van der Waals surface area (Å²) in [6.45, 7) is 7.20. The summed E-state index contributed by atoms with van der Waals surface area (Å²) in [5.74, 6) is 1.95. The fourth-order valence-electron chi connectivity index (χ4n) is 4.58. The van der Waals surface area contributed by atoms with Crippen molar-refractivity contribution in [2.24, 2.45) is 5.92 Å². The number of hydrogen-bond acceptors (Lipinski definition) is 8. The van der Waals surface area contributed by atoms with E-state index in [0.29, 0.717) is 24.7 Å². The summed E-state index contributed by atoms with van der Waals surface area (Å²) in [4.78, 5) is 13.9. The number of nitriles is 1. The van der Waals surface area contributed by atoms with E-state index in [1.807, 2.05) is 26.1 Å². The third-order valence-electron chi connectivity index (χ3n) is 6.29. The van der Waals surface area contributed by atoms with Gasteiger partial charge < -0.3 is 10.2 Å². The van der Waals surface area contributed by atoms with Crippen molar-refractivity contribution in [2.75, 3.05) is 43.1 Å². The van der Waals surface area contributed by atoms with Gasteiger partial charge in [-0.15, -0.1) is 0 Å². The SMILES string of the molecule is Cc1cc(Nc2ncc(C)c(N3CC(CC#N)(N4CCC(CCF)CC4)C3)n2)sn1. The monoisotopic (exact) mass is 429 g/mol. The van der Waals surface area contributed by atoms with Gasteiger partial charge in [-0.2, -0.15) is 14.6 Å². The van der Waals surface area contributed by atoms with Gasteiger partial charge in [-0.3, -0.25) is 9.29 Å². The number of alkyl halides is 1. The Balaban J connectivity index is 1.44. The highest BCUT2D eigenvalue weighted by Crippen LogP contribution is 2.38. The first-order valence-corrected chi connectivity index (χ1v) is 11.3. The number of piperidine rings is 1. The molecular weight excluding hydrogens is 401 g/mol. The third-order valence-corrected chi connectivity index (χ3v) is 7.08. The lowest BCUT2D eigenvalue weighted by molar-refractivity contribution is 0.0275. The molecule has 7 nitrogen and oxygen atoms in total. The molecule has 9 heteroatoms. The smallest absolute Gasteiger partial charge is 0.229 e. The molecule has 4 heterocycles. The van der Waals surface area contributed by atoms with Crippen LogP contribution >= 0.6 is 11.5 Å². The van der Waals surface area contributed by atoms with Crippen molar-refractivity contribution in [1.82, 2.24) is 19.2 Å². The number of halogens is 1. The highest BCUT2D eigenvalue weighted by atomic mass is 32.1. The molecule has 0 aliphatic carbocycles. The van der Waals surface area contributed by atoms with Crippen LogP contribution in [0.3, 0.4) is 0 Å². The molecule has 2 aromatic heterocycles. The Morgan fingerprint density at radius 1 is 1.33 bits per heavy atom. The van der Waals surface area contributed by atoms with E-state index >= 15 is 0 Å². The van der Waals surface area contributed by atoms with Crippen LogP contribution in [0.4, 0.5) is 21.2 Å². The molecule has 4 rings (SSSR count). The van der Waals surface area contributed by atoms with Gasteiger partial charge in [0, 0.05) is 24.8 Å². The topological polar surface area (TPSA) is 81.0 Å². The van der Waals surface area contributed by atoms with Gasteiger partial charge >= 0.3 is 0 Å². The number of nitrogens with zero attached hydrogens (tertiary/aromatic N) is 6. The number of likely N-dealkylation sites (tertiary alicyclic amines) is 1. The summed E-state index contributed by atoms with van der Waals surface area (Å²) in [6, 6.07) is 4.37. The highest BCUT2D eigenvalue weighted by Gasteiger charge is 2.49. The molecule has 2 saturated heterocycles. The van der Waals surface area contributed by atoms with Crippen molar-refractivity contribution in [3.8, 4) is 6.07 Å². The Bertz CT molecular complexity index is 910. The van der Waals surface area contributed by atoms with Crippen molar-refractivity contribution in [1.29, 1.82) is 5.26 Å². The van der Waals surface area contributed by atoms with Crippen molar-refractivity contribution in [3.05, 3.63) is 23.5 Å². The van der Waals surface area contributed by atoms with Crippen LogP contribution in [0.2, 0.25) is 0 Å². The second kappa shape index (κ2) is 8.82. The van der Waals surface area contributed by atoms with Gasteiger partial charge in [0.05, 0.1) is 30.4 Å². The first-order valence-electron chi connectivity index (χ1n) is 10.5. The lowest BCUT2D eigenvalue weighted by Gasteiger charge is -2.57. The van der Waals surface area contributed by atoms with Crippen LogP contribution in [0.15, 0.2) is 12.3 Å². The van der Waals surface area contributed by atoms with Crippen LogP contribution in [-0.4, -0.2) is 57.6 Å². The summed E-state index contributed by atoms with van der Waals surface area (Å²) in [5.41, 5.74) is 1.86. The standard InChI is InChI=1S/C21H28FN7S/c1-15-12-24-20(25-18-11-16(2)27-30-18)26-19(15)28-13-21(14-28,6-8-23)29-9-4-17(3-7-22)5-10-29/h11-12,17H,3-7,9-10,13-14H2,1-2H3,(H,24,25,26). The van der Waals surface area contributed by atoms with Gasteiger partial charge in [0.1, 0.15) is 10.8 Å². The number of aromatic nitrogens is 3. The van der Waals surface area contributed by atoms with Crippen molar-refractivity contribution in [3.63, 3.8) is 0 Å². The van der Waals surface area contributed by atoms with Crippen molar-refractivity contribution < 1.29 is 4.39 Å². The number of anilines is 3. The maximum Gasteiger partial charge on any atom is 0.229 e. The summed E-state index contributed by atoms with van der Waals surface area (Å²) in [5, 5.41) is 13.6. The molecular formula is C21H28FN7S. The molecule has 0 spiro atoms. The van der Waals surface area contributed by atoms with Crippen LogP contribution in [0, 0.1) is 31.1 Å². The quantitative estimate of drug-likeness (QED) is 0.716. The Morgan fingerprint density at radius 3 is 2.73 bits per heavy atom. The Labute approximate surface area is 181 Å². The van der Waals surface area contributed by atoms with E-state index in [1.54, 1.807) is 0 Å². The van der Waals surface area contributed by atoms with E-state index in [9.17, 15) is 9.65 Å². The van der Waals surface area contributed by atoms with E-state index in [4.69, 9.17) is 4.98 Å². The van der Waals surface area contributed by atoms with Crippen molar-refractivity contribution in [2.45, 2.75) is 45.1 Å². The first-order chi connectivity index (χ1) is 14.5. The minimum Gasteiger partial charge on any atom is -0.352 e. The molecule has 160 valence electrons. The Morgan fingerprint density at radius 2 is 2.10 bits per heavy atom. The summed E-state index contributed by atoms with van der Waals surface area (Å²) in [6.07, 6.45) is 5.05. The largest absolute Gasteiger partial charge is 0.352 e. The fraction of sp³-hybridized carbons (Fsp3) is 0.619. The van der Waals surface area contributed by atoms with Crippen LogP contribution < -0.4 is 10.2 Å². The zero-order valence-corrected chi connectivity index (χ0v) is 18.4. The molecule has 2 aromatic rings. The van der Waals surface area contributed by atoms with E-state index in [2.05, 4.69) is 30.5 Å². The van der Waals surface area contributed by atoms with Gasteiger partial charge in [0.25, 0.3) is 0 Å². The number of hydrogen-bond donors (Lipinski definition) is 1. The molecule has 0 bridgehead atoms. The molecule has 0 aromatic carbocycles. The first kappa shape index (κ1) is 20.9. The molecule has 30 heavy (non-hydrogen) atoms. The Kier molecular flexibility index (Phi) is 6.16. The van der Waals surface area contributed by atoms with Gasteiger partial charge in [0.2, 0.25) is 5.95 Å². The normalized spacial score (nSPS) is 19.3. The van der Waals surface area contributed by atoms with Crippen LogP contribution in [-0.2, 0) is 0 Å². The number of aryl methyl sites for hydroxylation is 2. The lowest BCUT2D eigenvalue weighted by atomic mass is 9.81. The second-order valence-corrected chi connectivity index (χ2v) is 9.29. The van der Waals surface area contributed by atoms with Gasteiger partial charge in [-0.25, -0.2) is 4.98 Å². The molecule has 1 N–H and O–H groups in total. The predicted molar refractivity (Wildman–Crippen MR) is 117 cm³/mol. The summed E-state index contributed by atoms with van der Waals surface area (Å²) in [7, 11) is 0. The van der Waals surface area contributed by atoms with E-state index < -0.39 is 0 Å². The molecule has 2 aliphatic rings. The minimum absolute atomic E-state index is 0.130. The van der Waals surface area contributed by atoms with Crippen molar-refractivity contribution >= 4 is 28.3 Å². The molecule has 2 fully saturated rings. The van der Waals surface area contributed by atoms with Crippen LogP contribution in [0.1, 0.15) is 36.9 Å². The average molecular weight is 430 g/mol. The van der Waals surface area contributed by atoms with Gasteiger partial charge in [-0.05, 0) is 69.7 Å². The zero-order valence-electron chi connectivity index (χ0n) is 17.6. The molecule has 0 amide bonds. The second-order valence-electron chi connectivity index (χ2n) is 8.48.